The van der Waals surface area contributed by atoms with Crippen molar-refractivity contribution in [3.8, 4) is 6.07 Å². The van der Waals surface area contributed by atoms with Crippen molar-refractivity contribution >= 4 is 5.97 Å². The quantitative estimate of drug-likeness (QED) is 0.757. The Hall–Kier alpha value is -1.76. The average molecular weight is 178 g/mol. The highest BCUT2D eigenvalue weighted by atomic mass is 16.4. The monoisotopic (exact) mass is 178 g/mol. The lowest BCUT2D eigenvalue weighted by molar-refractivity contribution is 0.0695. The van der Waals surface area contributed by atoms with Crippen molar-refractivity contribution in [1.29, 1.82) is 5.26 Å². The van der Waals surface area contributed by atoms with Gasteiger partial charge in [-0.25, -0.2) is 4.79 Å². The van der Waals surface area contributed by atoms with E-state index >= 15 is 0 Å². The van der Waals surface area contributed by atoms with Crippen LogP contribution in [-0.4, -0.2) is 15.6 Å². The van der Waals surface area contributed by atoms with Crippen molar-refractivity contribution in [3.63, 3.8) is 0 Å². The van der Waals surface area contributed by atoms with Crippen molar-refractivity contribution < 1.29 is 9.90 Å². The highest BCUT2D eigenvalue weighted by molar-refractivity contribution is 5.89. The van der Waals surface area contributed by atoms with Crippen LogP contribution in [0.1, 0.15) is 23.0 Å². The maximum atomic E-state index is 10.7. The number of nitrogens with zero attached hydrogens (tertiary/aromatic N) is 2. The average Bonchev–Trinajstić information content (AvgIpc) is 2.48. The molecule has 1 aromatic rings. The second-order valence-corrected chi connectivity index (χ2v) is 2.62. The minimum atomic E-state index is -0.937. The number of nitriles is 1. The Balaban J connectivity index is 3.12. The van der Waals surface area contributed by atoms with Crippen LogP contribution < -0.4 is 0 Å². The molecular weight excluding hydrogens is 168 g/mol. The van der Waals surface area contributed by atoms with Gasteiger partial charge in [-0.15, -0.1) is 0 Å². The van der Waals surface area contributed by atoms with Crippen LogP contribution in [0.3, 0.4) is 0 Å². The highest BCUT2D eigenvalue weighted by Crippen LogP contribution is 2.11. The molecule has 0 saturated carbocycles. The summed E-state index contributed by atoms with van der Waals surface area (Å²) in [5.74, 6) is -0.937. The van der Waals surface area contributed by atoms with Gasteiger partial charge in [-0.1, -0.05) is 6.92 Å². The number of aromatic nitrogens is 1. The molecule has 0 unspecified atom stereocenters. The van der Waals surface area contributed by atoms with Crippen LogP contribution in [0.4, 0.5) is 0 Å². The number of rotatable bonds is 3. The molecule has 0 bridgehead atoms. The number of carbonyl (C=O) groups is 1. The smallest absolute Gasteiger partial charge is 0.337 e. The molecule has 0 amide bonds. The molecule has 1 aromatic heterocycles. The summed E-state index contributed by atoms with van der Waals surface area (Å²) in [6.45, 7) is 2.08. The molecule has 0 saturated heterocycles. The SMILES string of the molecule is CCc1c(C(=O)O)ccn1CC#N. The second kappa shape index (κ2) is 3.76. The van der Waals surface area contributed by atoms with Crippen molar-refractivity contribution in [2.75, 3.05) is 0 Å². The van der Waals surface area contributed by atoms with E-state index in [4.69, 9.17) is 10.4 Å². The number of carboxylic acid groups (broad SMARTS) is 1. The van der Waals surface area contributed by atoms with Gasteiger partial charge in [0.1, 0.15) is 6.54 Å². The molecule has 0 fully saturated rings. The van der Waals surface area contributed by atoms with Crippen molar-refractivity contribution in [2.24, 2.45) is 0 Å². The second-order valence-electron chi connectivity index (χ2n) is 2.62. The summed E-state index contributed by atoms with van der Waals surface area (Å²) >= 11 is 0. The zero-order valence-electron chi connectivity index (χ0n) is 7.32. The van der Waals surface area contributed by atoms with Gasteiger partial charge in [0.25, 0.3) is 0 Å². The number of hydrogen-bond donors (Lipinski definition) is 1. The summed E-state index contributed by atoms with van der Waals surface area (Å²) in [5.41, 5.74) is 0.992. The summed E-state index contributed by atoms with van der Waals surface area (Å²) in [6, 6.07) is 3.51. The first kappa shape index (κ1) is 9.33. The van der Waals surface area contributed by atoms with Crippen LogP contribution >= 0.6 is 0 Å². The first-order chi connectivity index (χ1) is 6.20. The van der Waals surface area contributed by atoms with Gasteiger partial charge in [0.15, 0.2) is 0 Å². The number of hydrogen-bond acceptors (Lipinski definition) is 2. The Morgan fingerprint density at radius 1 is 1.77 bits per heavy atom. The first-order valence-corrected chi connectivity index (χ1v) is 3.99. The van der Waals surface area contributed by atoms with E-state index in [0.717, 1.165) is 0 Å². The fraction of sp³-hybridized carbons (Fsp3) is 0.333. The Morgan fingerprint density at radius 2 is 2.46 bits per heavy atom. The van der Waals surface area contributed by atoms with Gasteiger partial charge in [-0.05, 0) is 12.5 Å². The lowest BCUT2D eigenvalue weighted by atomic mass is 10.2. The zero-order valence-corrected chi connectivity index (χ0v) is 7.32. The molecule has 0 aromatic carbocycles. The Bertz CT molecular complexity index is 360. The third-order valence-corrected chi connectivity index (χ3v) is 1.89. The van der Waals surface area contributed by atoms with E-state index in [1.165, 1.54) is 6.07 Å². The Kier molecular flexibility index (Phi) is 2.70. The van der Waals surface area contributed by atoms with Crippen LogP contribution in [0.15, 0.2) is 12.3 Å². The predicted octanol–water partition coefficient (Wildman–Crippen LogP) is 1.27. The minimum absolute atomic E-state index is 0.205. The number of carboxylic acids is 1. The summed E-state index contributed by atoms with van der Waals surface area (Å²) < 4.78 is 1.66. The predicted molar refractivity (Wildman–Crippen MR) is 46.4 cm³/mol. The summed E-state index contributed by atoms with van der Waals surface area (Å²) in [5, 5.41) is 17.3. The van der Waals surface area contributed by atoms with E-state index in [1.807, 2.05) is 13.0 Å². The summed E-state index contributed by atoms with van der Waals surface area (Å²) in [7, 11) is 0. The van der Waals surface area contributed by atoms with Crippen LogP contribution in [0.25, 0.3) is 0 Å². The van der Waals surface area contributed by atoms with Gasteiger partial charge < -0.3 is 9.67 Å². The van der Waals surface area contributed by atoms with E-state index in [9.17, 15) is 4.79 Å². The molecule has 1 N–H and O–H groups in total. The van der Waals surface area contributed by atoms with Crippen LogP contribution in [-0.2, 0) is 13.0 Å². The first-order valence-electron chi connectivity index (χ1n) is 3.99. The van der Waals surface area contributed by atoms with Gasteiger partial charge >= 0.3 is 5.97 Å². The molecule has 0 aliphatic rings. The fourth-order valence-electron chi connectivity index (χ4n) is 1.32. The van der Waals surface area contributed by atoms with Crippen LogP contribution in [0.5, 0.6) is 0 Å². The Morgan fingerprint density at radius 3 is 2.92 bits per heavy atom. The molecule has 4 heteroatoms. The van der Waals surface area contributed by atoms with Crippen molar-refractivity contribution in [2.45, 2.75) is 19.9 Å². The maximum Gasteiger partial charge on any atom is 0.337 e. The lowest BCUT2D eigenvalue weighted by Gasteiger charge is -2.02. The molecular formula is C9H10N2O2. The van der Waals surface area contributed by atoms with Crippen molar-refractivity contribution in [1.82, 2.24) is 4.57 Å². The standard InChI is InChI=1S/C9H10N2O2/c1-2-8-7(9(12)13)3-5-11(8)6-4-10/h3,5H,2,6H2,1H3,(H,12,13). The van der Waals surface area contributed by atoms with E-state index in [-0.39, 0.29) is 12.1 Å². The topological polar surface area (TPSA) is 66.0 Å². The number of aromatic carboxylic acids is 1. The molecule has 0 radical (unpaired) electrons. The normalized spacial score (nSPS) is 9.54. The van der Waals surface area contributed by atoms with E-state index in [1.54, 1.807) is 10.8 Å². The third-order valence-electron chi connectivity index (χ3n) is 1.89. The van der Waals surface area contributed by atoms with Gasteiger partial charge in [0.2, 0.25) is 0 Å². The molecule has 0 atom stereocenters. The van der Waals surface area contributed by atoms with Crippen LogP contribution in [0.2, 0.25) is 0 Å². The largest absolute Gasteiger partial charge is 0.478 e. The van der Waals surface area contributed by atoms with Gasteiger partial charge in [0, 0.05) is 11.9 Å². The zero-order chi connectivity index (χ0) is 9.84. The van der Waals surface area contributed by atoms with E-state index < -0.39 is 5.97 Å². The molecule has 1 rings (SSSR count). The molecule has 0 spiro atoms. The highest BCUT2D eigenvalue weighted by Gasteiger charge is 2.12. The van der Waals surface area contributed by atoms with Gasteiger partial charge in [-0.3, -0.25) is 0 Å². The maximum absolute atomic E-state index is 10.7. The molecule has 13 heavy (non-hydrogen) atoms. The molecule has 1 heterocycles. The van der Waals surface area contributed by atoms with Crippen molar-refractivity contribution in [3.05, 3.63) is 23.5 Å². The minimum Gasteiger partial charge on any atom is -0.478 e. The Labute approximate surface area is 76.0 Å². The van der Waals surface area contributed by atoms with Crippen LogP contribution in [0, 0.1) is 11.3 Å². The summed E-state index contributed by atoms with van der Waals surface area (Å²) in [6.07, 6.45) is 2.25. The molecule has 68 valence electrons. The molecule has 0 aliphatic carbocycles. The lowest BCUT2D eigenvalue weighted by Crippen LogP contribution is -2.05. The van der Waals surface area contributed by atoms with Gasteiger partial charge in [-0.2, -0.15) is 5.26 Å². The van der Waals surface area contributed by atoms with E-state index in [2.05, 4.69) is 0 Å². The fourth-order valence-corrected chi connectivity index (χ4v) is 1.32. The van der Waals surface area contributed by atoms with E-state index in [0.29, 0.717) is 12.1 Å². The molecule has 0 aliphatic heterocycles. The summed E-state index contributed by atoms with van der Waals surface area (Å²) in [4.78, 5) is 10.7. The molecule has 4 nitrogen and oxygen atoms in total. The third kappa shape index (κ3) is 1.70. The van der Waals surface area contributed by atoms with Gasteiger partial charge in [0.05, 0.1) is 11.6 Å².